The molecule has 1 aromatic carbocycles. The third-order valence-corrected chi connectivity index (χ3v) is 5.03. The normalized spacial score (nSPS) is 29.5. The summed E-state index contributed by atoms with van der Waals surface area (Å²) in [4.78, 5) is 14.3. The number of likely N-dealkylation sites (tertiary alicyclic amines) is 1. The number of hydrogen-bond acceptors (Lipinski definition) is 2. The Morgan fingerprint density at radius 3 is 2.57 bits per heavy atom. The first-order valence-electron chi connectivity index (χ1n) is 7.47. The molecule has 2 fully saturated rings. The van der Waals surface area contributed by atoms with Crippen LogP contribution in [0, 0.1) is 23.5 Å². The quantitative estimate of drug-likeness (QED) is 0.909. The summed E-state index contributed by atoms with van der Waals surface area (Å²) in [6, 6.07) is 3.84. The van der Waals surface area contributed by atoms with Gasteiger partial charge >= 0.3 is 0 Å². The first-order chi connectivity index (χ1) is 9.99. The van der Waals surface area contributed by atoms with E-state index in [2.05, 4.69) is 0 Å². The number of fused-ring (bicyclic) bond motifs is 1. The van der Waals surface area contributed by atoms with Crippen molar-refractivity contribution in [2.24, 2.45) is 17.6 Å². The number of nitrogens with zero attached hydrogens (tertiary/aromatic N) is 1. The van der Waals surface area contributed by atoms with Gasteiger partial charge in [-0.05, 0) is 43.7 Å². The molecule has 4 unspecified atom stereocenters. The van der Waals surface area contributed by atoms with Crippen LogP contribution in [0.5, 0.6) is 0 Å². The number of hydrogen-bond donors (Lipinski definition) is 1. The molecule has 4 atom stereocenters. The fraction of sp³-hybridized carbons (Fsp3) is 0.562. The van der Waals surface area contributed by atoms with E-state index in [0.29, 0.717) is 24.9 Å². The average molecular weight is 294 g/mol. The lowest BCUT2D eigenvalue weighted by molar-refractivity contribution is -0.131. The van der Waals surface area contributed by atoms with Gasteiger partial charge in [-0.1, -0.05) is 6.07 Å². The second kappa shape index (κ2) is 5.37. The number of halogens is 2. The minimum absolute atomic E-state index is 0.135. The van der Waals surface area contributed by atoms with Crippen LogP contribution in [0.2, 0.25) is 0 Å². The molecule has 2 aliphatic rings. The van der Waals surface area contributed by atoms with E-state index in [4.69, 9.17) is 5.73 Å². The van der Waals surface area contributed by atoms with Gasteiger partial charge in [-0.2, -0.15) is 0 Å². The maximum atomic E-state index is 13.8. The van der Waals surface area contributed by atoms with Gasteiger partial charge in [0.05, 0.1) is 5.92 Å². The highest BCUT2D eigenvalue weighted by molar-refractivity contribution is 5.83. The molecule has 3 rings (SSSR count). The van der Waals surface area contributed by atoms with Crippen molar-refractivity contribution in [2.75, 3.05) is 13.1 Å². The Morgan fingerprint density at radius 1 is 1.29 bits per heavy atom. The lowest BCUT2D eigenvalue weighted by atomic mass is 9.98. The van der Waals surface area contributed by atoms with E-state index in [-0.39, 0.29) is 17.5 Å². The number of amides is 1. The average Bonchev–Trinajstić information content (AvgIpc) is 3.00. The van der Waals surface area contributed by atoms with Crippen molar-refractivity contribution >= 4 is 5.91 Å². The standard InChI is InChI=1S/C16H20F2N2O/c1-9(15-12(17)3-2-4-13(15)18)16(21)20-7-10-5-6-14(19)11(10)8-20/h2-4,9-11,14H,5-8,19H2,1H3. The topological polar surface area (TPSA) is 46.3 Å². The van der Waals surface area contributed by atoms with Gasteiger partial charge in [-0.3, -0.25) is 4.79 Å². The summed E-state index contributed by atoms with van der Waals surface area (Å²) in [5.41, 5.74) is 5.92. The number of rotatable bonds is 2. The van der Waals surface area contributed by atoms with Crippen molar-refractivity contribution in [3.8, 4) is 0 Å². The van der Waals surface area contributed by atoms with Crippen molar-refractivity contribution in [2.45, 2.75) is 31.7 Å². The van der Waals surface area contributed by atoms with E-state index in [1.807, 2.05) is 0 Å². The van der Waals surface area contributed by atoms with Gasteiger partial charge in [0.25, 0.3) is 0 Å². The zero-order valence-corrected chi connectivity index (χ0v) is 12.1. The summed E-state index contributed by atoms with van der Waals surface area (Å²) in [5.74, 6) is -1.55. The third kappa shape index (κ3) is 2.44. The molecule has 2 N–H and O–H groups in total. The van der Waals surface area contributed by atoms with Gasteiger partial charge in [0.15, 0.2) is 0 Å². The molecule has 1 aliphatic carbocycles. The van der Waals surface area contributed by atoms with Gasteiger partial charge in [-0.25, -0.2) is 8.78 Å². The Balaban J connectivity index is 1.77. The lowest BCUT2D eigenvalue weighted by Crippen LogP contribution is -2.36. The van der Waals surface area contributed by atoms with Gasteiger partial charge in [0.1, 0.15) is 11.6 Å². The summed E-state index contributed by atoms with van der Waals surface area (Å²) in [7, 11) is 0. The van der Waals surface area contributed by atoms with Crippen molar-refractivity contribution in [3.05, 3.63) is 35.4 Å². The molecule has 0 radical (unpaired) electrons. The molecule has 1 aromatic rings. The molecule has 0 aromatic heterocycles. The van der Waals surface area contributed by atoms with Gasteiger partial charge in [0.2, 0.25) is 5.91 Å². The molecule has 21 heavy (non-hydrogen) atoms. The second-order valence-corrected chi connectivity index (χ2v) is 6.27. The predicted octanol–water partition coefficient (Wildman–Crippen LogP) is 2.26. The highest BCUT2D eigenvalue weighted by atomic mass is 19.1. The Labute approximate surface area is 123 Å². The van der Waals surface area contributed by atoms with Crippen LogP contribution >= 0.6 is 0 Å². The molecule has 114 valence electrons. The van der Waals surface area contributed by atoms with E-state index in [0.717, 1.165) is 12.8 Å². The maximum absolute atomic E-state index is 13.8. The van der Waals surface area contributed by atoms with Crippen LogP contribution in [0.15, 0.2) is 18.2 Å². The van der Waals surface area contributed by atoms with E-state index >= 15 is 0 Å². The number of nitrogens with two attached hydrogens (primary N) is 1. The Morgan fingerprint density at radius 2 is 1.95 bits per heavy atom. The molecular weight excluding hydrogens is 274 g/mol. The molecule has 1 saturated carbocycles. The van der Waals surface area contributed by atoms with E-state index in [1.54, 1.807) is 11.8 Å². The Bertz CT molecular complexity index is 543. The number of benzene rings is 1. The molecule has 3 nitrogen and oxygen atoms in total. The zero-order chi connectivity index (χ0) is 15.1. The lowest BCUT2D eigenvalue weighted by Gasteiger charge is -2.23. The Hall–Kier alpha value is -1.49. The van der Waals surface area contributed by atoms with Crippen LogP contribution < -0.4 is 5.73 Å². The van der Waals surface area contributed by atoms with Crippen LogP contribution in [0.3, 0.4) is 0 Å². The van der Waals surface area contributed by atoms with Crippen molar-refractivity contribution in [1.29, 1.82) is 0 Å². The van der Waals surface area contributed by atoms with Crippen molar-refractivity contribution < 1.29 is 13.6 Å². The summed E-state index contributed by atoms with van der Waals surface area (Å²) in [6.45, 7) is 2.85. The van der Waals surface area contributed by atoms with Crippen molar-refractivity contribution in [1.82, 2.24) is 4.90 Å². The highest BCUT2D eigenvalue weighted by Gasteiger charge is 2.43. The molecular formula is C16H20F2N2O. The monoisotopic (exact) mass is 294 g/mol. The summed E-state index contributed by atoms with van der Waals surface area (Å²) in [6.07, 6.45) is 2.05. The van der Waals surface area contributed by atoms with E-state index < -0.39 is 17.6 Å². The summed E-state index contributed by atoms with van der Waals surface area (Å²) < 4.78 is 27.6. The number of carbonyl (C=O) groups excluding carboxylic acids is 1. The first-order valence-corrected chi connectivity index (χ1v) is 7.47. The predicted molar refractivity (Wildman–Crippen MR) is 75.5 cm³/mol. The molecule has 1 aliphatic heterocycles. The van der Waals surface area contributed by atoms with Crippen LogP contribution in [0.4, 0.5) is 8.78 Å². The zero-order valence-electron chi connectivity index (χ0n) is 12.1. The molecule has 1 amide bonds. The maximum Gasteiger partial charge on any atom is 0.230 e. The minimum Gasteiger partial charge on any atom is -0.342 e. The SMILES string of the molecule is CC(C(=O)N1CC2CCC(N)C2C1)c1c(F)cccc1F. The molecule has 5 heteroatoms. The second-order valence-electron chi connectivity index (χ2n) is 6.27. The number of carbonyl (C=O) groups is 1. The van der Waals surface area contributed by atoms with Crippen LogP contribution in [0.25, 0.3) is 0 Å². The van der Waals surface area contributed by atoms with E-state index in [9.17, 15) is 13.6 Å². The fourth-order valence-corrected chi connectivity index (χ4v) is 3.81. The fourth-order valence-electron chi connectivity index (χ4n) is 3.81. The highest BCUT2D eigenvalue weighted by Crippen LogP contribution is 2.38. The van der Waals surface area contributed by atoms with Crippen LogP contribution in [-0.2, 0) is 4.79 Å². The summed E-state index contributed by atoms with van der Waals surface area (Å²) >= 11 is 0. The van der Waals surface area contributed by atoms with Crippen molar-refractivity contribution in [3.63, 3.8) is 0 Å². The van der Waals surface area contributed by atoms with Gasteiger partial charge in [-0.15, -0.1) is 0 Å². The molecule has 1 heterocycles. The third-order valence-electron chi connectivity index (χ3n) is 5.03. The van der Waals surface area contributed by atoms with Gasteiger partial charge in [0, 0.05) is 24.7 Å². The smallest absolute Gasteiger partial charge is 0.230 e. The summed E-state index contributed by atoms with van der Waals surface area (Å²) in [5, 5.41) is 0. The first kappa shape index (κ1) is 14.4. The Kier molecular flexibility index (Phi) is 3.69. The van der Waals surface area contributed by atoms with Crippen LogP contribution in [0.1, 0.15) is 31.2 Å². The molecule has 0 spiro atoms. The minimum atomic E-state index is -0.804. The van der Waals surface area contributed by atoms with Crippen LogP contribution in [-0.4, -0.2) is 29.9 Å². The largest absolute Gasteiger partial charge is 0.342 e. The van der Waals surface area contributed by atoms with E-state index in [1.165, 1.54) is 18.2 Å². The van der Waals surface area contributed by atoms with Gasteiger partial charge < -0.3 is 10.6 Å². The molecule has 0 bridgehead atoms. The molecule has 1 saturated heterocycles.